The van der Waals surface area contributed by atoms with Gasteiger partial charge in [-0.2, -0.15) is 0 Å². The Morgan fingerprint density at radius 2 is 1.69 bits per heavy atom. The lowest BCUT2D eigenvalue weighted by Crippen LogP contribution is -2.49. The minimum Gasteiger partial charge on any atom is -0.493 e. The van der Waals surface area contributed by atoms with Crippen LogP contribution in [-0.2, 0) is 0 Å². The van der Waals surface area contributed by atoms with Gasteiger partial charge in [-0.3, -0.25) is 9.89 Å². The maximum absolute atomic E-state index is 5.76. The summed E-state index contributed by atoms with van der Waals surface area (Å²) < 4.78 is 5.76. The van der Waals surface area contributed by atoms with Gasteiger partial charge in [0.2, 0.25) is 0 Å². The molecule has 29 heavy (non-hydrogen) atoms. The van der Waals surface area contributed by atoms with E-state index in [1.54, 1.807) is 0 Å². The van der Waals surface area contributed by atoms with Crippen LogP contribution in [0.15, 0.2) is 29.3 Å². The van der Waals surface area contributed by atoms with Gasteiger partial charge in [0, 0.05) is 46.3 Å². The average Bonchev–Trinajstić information content (AvgIpc) is 2.72. The Bertz CT molecular complexity index is 585. The number of nitrogens with zero attached hydrogens (tertiary/aromatic N) is 3. The Balaban J connectivity index is 0.00000420. The minimum atomic E-state index is 0. The smallest absolute Gasteiger partial charge is 0.191 e. The lowest BCUT2D eigenvalue weighted by Gasteiger charge is -2.34. The molecule has 1 aromatic carbocycles. The number of rotatable bonds is 9. The lowest BCUT2D eigenvalue weighted by molar-refractivity contribution is 0.139. The van der Waals surface area contributed by atoms with E-state index in [0.29, 0.717) is 5.92 Å². The van der Waals surface area contributed by atoms with Crippen molar-refractivity contribution in [3.05, 3.63) is 29.8 Å². The summed E-state index contributed by atoms with van der Waals surface area (Å²) in [5, 5.41) is 6.92. The predicted molar refractivity (Wildman–Crippen MR) is 134 cm³/mol. The average molecular weight is 518 g/mol. The van der Waals surface area contributed by atoms with Gasteiger partial charge in [-0.15, -0.1) is 24.0 Å². The number of guanidine groups is 1. The summed E-state index contributed by atoms with van der Waals surface area (Å²) in [6, 6.07) is 8.50. The van der Waals surface area contributed by atoms with Gasteiger partial charge in [-0.1, -0.05) is 32.9 Å². The maximum atomic E-state index is 5.76. The molecule has 2 N–H and O–H groups in total. The minimum absolute atomic E-state index is 0. The first-order valence-electron chi connectivity index (χ1n) is 10.7. The number of likely N-dealkylation sites (N-methyl/N-ethyl adjacent to an activating group) is 1. The topological polar surface area (TPSA) is 52.1 Å². The first kappa shape index (κ1) is 26.0. The molecule has 7 heteroatoms. The Morgan fingerprint density at radius 3 is 2.24 bits per heavy atom. The second kappa shape index (κ2) is 14.0. The first-order chi connectivity index (χ1) is 13.5. The van der Waals surface area contributed by atoms with Crippen molar-refractivity contribution in [2.24, 2.45) is 10.9 Å². The Labute approximate surface area is 194 Å². The van der Waals surface area contributed by atoms with Crippen LogP contribution >= 0.6 is 24.0 Å². The van der Waals surface area contributed by atoms with Crippen LogP contribution in [0, 0.1) is 5.92 Å². The van der Waals surface area contributed by atoms with E-state index in [4.69, 9.17) is 4.74 Å². The Hall–Kier alpha value is -1.06. The van der Waals surface area contributed by atoms with E-state index < -0.39 is 0 Å². The van der Waals surface area contributed by atoms with Crippen molar-refractivity contribution < 1.29 is 4.74 Å². The van der Waals surface area contributed by atoms with Gasteiger partial charge in [-0.05, 0) is 37.1 Å². The number of hydrogen-bond donors (Lipinski definition) is 2. The molecule has 1 heterocycles. The van der Waals surface area contributed by atoms with Crippen LogP contribution in [0.1, 0.15) is 39.3 Å². The van der Waals surface area contributed by atoms with Crippen molar-refractivity contribution in [3.63, 3.8) is 0 Å². The van der Waals surface area contributed by atoms with Crippen LogP contribution in [0.5, 0.6) is 5.75 Å². The molecule has 1 aromatic rings. The van der Waals surface area contributed by atoms with Gasteiger partial charge < -0.3 is 20.3 Å². The van der Waals surface area contributed by atoms with Gasteiger partial charge in [0.15, 0.2) is 5.96 Å². The summed E-state index contributed by atoms with van der Waals surface area (Å²) in [4.78, 5) is 9.40. The third-order valence-corrected chi connectivity index (χ3v) is 5.17. The largest absolute Gasteiger partial charge is 0.493 e. The SMILES string of the molecule is CCN1CCN(CCNC(=NC)NC(C)c2ccc(OCC(C)C)cc2)CC1.I. The van der Waals surface area contributed by atoms with Crippen molar-refractivity contribution in [2.45, 2.75) is 33.7 Å². The highest BCUT2D eigenvalue weighted by Crippen LogP contribution is 2.18. The molecule has 0 bridgehead atoms. The van der Waals surface area contributed by atoms with E-state index in [1.165, 1.54) is 18.7 Å². The van der Waals surface area contributed by atoms with Crippen LogP contribution < -0.4 is 15.4 Å². The molecule has 1 aliphatic rings. The third-order valence-electron chi connectivity index (χ3n) is 5.17. The van der Waals surface area contributed by atoms with Crippen LogP contribution in [0.3, 0.4) is 0 Å². The summed E-state index contributed by atoms with van der Waals surface area (Å²) in [6.45, 7) is 17.2. The Morgan fingerprint density at radius 1 is 1.07 bits per heavy atom. The van der Waals surface area contributed by atoms with Crippen LogP contribution in [-0.4, -0.2) is 75.2 Å². The summed E-state index contributed by atoms with van der Waals surface area (Å²) in [7, 11) is 1.82. The fraction of sp³-hybridized carbons (Fsp3) is 0.682. The second-order valence-corrected chi connectivity index (χ2v) is 7.91. The summed E-state index contributed by atoms with van der Waals surface area (Å²) >= 11 is 0. The van der Waals surface area contributed by atoms with E-state index >= 15 is 0 Å². The van der Waals surface area contributed by atoms with Crippen molar-refractivity contribution in [2.75, 3.05) is 59.5 Å². The highest BCUT2D eigenvalue weighted by atomic mass is 127. The highest BCUT2D eigenvalue weighted by Gasteiger charge is 2.15. The molecule has 2 rings (SSSR count). The lowest BCUT2D eigenvalue weighted by atomic mass is 10.1. The molecule has 1 aliphatic heterocycles. The van der Waals surface area contributed by atoms with Crippen molar-refractivity contribution in [1.29, 1.82) is 0 Å². The molecule has 0 amide bonds. The number of ether oxygens (including phenoxy) is 1. The molecule has 0 spiro atoms. The van der Waals surface area contributed by atoms with Crippen LogP contribution in [0.4, 0.5) is 0 Å². The van der Waals surface area contributed by atoms with Crippen LogP contribution in [0.2, 0.25) is 0 Å². The van der Waals surface area contributed by atoms with Gasteiger partial charge in [0.1, 0.15) is 5.75 Å². The number of aliphatic imine (C=N–C) groups is 1. The summed E-state index contributed by atoms with van der Waals surface area (Å²) in [5.74, 6) is 2.31. The zero-order chi connectivity index (χ0) is 20.4. The normalized spacial score (nSPS) is 17.0. The van der Waals surface area contributed by atoms with E-state index in [1.807, 2.05) is 19.2 Å². The van der Waals surface area contributed by atoms with Gasteiger partial charge in [0.25, 0.3) is 0 Å². The maximum Gasteiger partial charge on any atom is 0.191 e. The van der Waals surface area contributed by atoms with E-state index in [9.17, 15) is 0 Å². The Kier molecular flexibility index (Phi) is 12.6. The fourth-order valence-electron chi connectivity index (χ4n) is 3.26. The quantitative estimate of drug-likeness (QED) is 0.300. The molecule has 1 atom stereocenters. The monoisotopic (exact) mass is 517 g/mol. The second-order valence-electron chi connectivity index (χ2n) is 7.91. The molecule has 166 valence electrons. The zero-order valence-electron chi connectivity index (χ0n) is 18.8. The molecule has 0 saturated carbocycles. The first-order valence-corrected chi connectivity index (χ1v) is 10.7. The molecule has 0 radical (unpaired) electrons. The summed E-state index contributed by atoms with van der Waals surface area (Å²) in [5.41, 5.74) is 1.22. The van der Waals surface area contributed by atoms with E-state index in [2.05, 4.69) is 65.3 Å². The number of benzene rings is 1. The molecule has 0 aliphatic carbocycles. The van der Waals surface area contributed by atoms with Gasteiger partial charge >= 0.3 is 0 Å². The fourth-order valence-corrected chi connectivity index (χ4v) is 3.26. The summed E-state index contributed by atoms with van der Waals surface area (Å²) in [6.07, 6.45) is 0. The molecule has 1 fully saturated rings. The zero-order valence-corrected chi connectivity index (χ0v) is 21.1. The van der Waals surface area contributed by atoms with Gasteiger partial charge in [0.05, 0.1) is 12.6 Å². The van der Waals surface area contributed by atoms with Crippen LogP contribution in [0.25, 0.3) is 0 Å². The molecule has 6 nitrogen and oxygen atoms in total. The van der Waals surface area contributed by atoms with Gasteiger partial charge in [-0.25, -0.2) is 0 Å². The molecule has 1 unspecified atom stereocenters. The molecule has 0 aromatic heterocycles. The number of hydrogen-bond acceptors (Lipinski definition) is 4. The standard InChI is InChI=1S/C22H39N5O.HI/c1-6-26-13-15-27(16-14-26)12-11-24-22(23-5)25-19(4)20-7-9-21(10-8-20)28-17-18(2)3;/h7-10,18-19H,6,11-17H2,1-5H3,(H2,23,24,25);1H. The molecular weight excluding hydrogens is 477 g/mol. The highest BCUT2D eigenvalue weighted by molar-refractivity contribution is 14.0. The van der Waals surface area contributed by atoms with E-state index in [-0.39, 0.29) is 30.0 Å². The third kappa shape index (κ3) is 9.53. The van der Waals surface area contributed by atoms with Crippen molar-refractivity contribution >= 4 is 29.9 Å². The van der Waals surface area contributed by atoms with E-state index in [0.717, 1.165) is 51.0 Å². The predicted octanol–water partition coefficient (Wildman–Crippen LogP) is 3.20. The number of piperazine rings is 1. The number of halogens is 1. The molecular formula is C22H40IN5O. The molecule has 1 saturated heterocycles. The number of nitrogens with one attached hydrogen (secondary N) is 2. The van der Waals surface area contributed by atoms with Crippen molar-refractivity contribution in [3.8, 4) is 5.75 Å². The van der Waals surface area contributed by atoms with Crippen molar-refractivity contribution in [1.82, 2.24) is 20.4 Å².